The van der Waals surface area contributed by atoms with E-state index in [2.05, 4.69) is 16.0 Å². The standard InChI is InChI=1S/C19H29BN2O4/c1-13-10-16(22-9-7-8-14(12-22)17(23)24-6)21-11-15(13)20-25-18(2,3)19(4,5)26-20/h10-11,14H,7-9,12H2,1-6H3/t14-/m1/s1. The zero-order valence-corrected chi connectivity index (χ0v) is 16.7. The third kappa shape index (κ3) is 3.47. The van der Waals surface area contributed by atoms with Crippen molar-refractivity contribution in [3.8, 4) is 0 Å². The highest BCUT2D eigenvalue weighted by Crippen LogP contribution is 2.36. The van der Waals surface area contributed by atoms with Gasteiger partial charge in [0.1, 0.15) is 5.82 Å². The van der Waals surface area contributed by atoms with Gasteiger partial charge in [-0.05, 0) is 59.1 Å². The fourth-order valence-corrected chi connectivity index (χ4v) is 3.49. The zero-order chi connectivity index (χ0) is 19.1. The lowest BCUT2D eigenvalue weighted by molar-refractivity contribution is -0.145. The van der Waals surface area contributed by atoms with Crippen LogP contribution in [0.2, 0.25) is 0 Å². The SMILES string of the molecule is COC(=O)[C@@H]1CCCN(c2cc(C)c(B3OC(C)(C)C(C)(C)O3)cn2)C1. The van der Waals surface area contributed by atoms with Crippen molar-refractivity contribution in [2.75, 3.05) is 25.1 Å². The van der Waals surface area contributed by atoms with Crippen molar-refractivity contribution in [2.24, 2.45) is 5.92 Å². The molecule has 142 valence electrons. The van der Waals surface area contributed by atoms with E-state index in [0.29, 0.717) is 6.54 Å². The van der Waals surface area contributed by atoms with E-state index >= 15 is 0 Å². The Kier molecular flexibility index (Phi) is 5.05. The first-order valence-corrected chi connectivity index (χ1v) is 9.29. The molecule has 0 aliphatic carbocycles. The van der Waals surface area contributed by atoms with Gasteiger partial charge in [-0.15, -0.1) is 0 Å². The molecule has 1 aromatic rings. The third-order valence-corrected chi connectivity index (χ3v) is 5.92. The van der Waals surface area contributed by atoms with Crippen molar-refractivity contribution >= 4 is 24.4 Å². The number of carbonyl (C=O) groups is 1. The van der Waals surface area contributed by atoms with Gasteiger partial charge in [-0.2, -0.15) is 0 Å². The molecule has 7 heteroatoms. The molecule has 0 amide bonds. The quantitative estimate of drug-likeness (QED) is 0.608. The summed E-state index contributed by atoms with van der Waals surface area (Å²) in [6.07, 6.45) is 3.67. The molecule has 0 radical (unpaired) electrons. The van der Waals surface area contributed by atoms with Gasteiger partial charge < -0.3 is 18.9 Å². The van der Waals surface area contributed by atoms with Gasteiger partial charge in [0.05, 0.1) is 24.2 Å². The minimum Gasteiger partial charge on any atom is -0.469 e. The Morgan fingerprint density at radius 1 is 1.31 bits per heavy atom. The Bertz CT molecular complexity index is 676. The van der Waals surface area contributed by atoms with E-state index in [4.69, 9.17) is 14.0 Å². The highest BCUT2D eigenvalue weighted by atomic mass is 16.7. The summed E-state index contributed by atoms with van der Waals surface area (Å²) in [7, 11) is 1.04. The molecule has 0 saturated carbocycles. The first-order valence-electron chi connectivity index (χ1n) is 9.29. The molecule has 0 N–H and O–H groups in total. The summed E-state index contributed by atoms with van der Waals surface area (Å²) in [5.74, 6) is 0.662. The maximum Gasteiger partial charge on any atom is 0.496 e. The smallest absolute Gasteiger partial charge is 0.469 e. The van der Waals surface area contributed by atoms with Crippen molar-refractivity contribution in [1.29, 1.82) is 0 Å². The lowest BCUT2D eigenvalue weighted by Gasteiger charge is -2.32. The van der Waals surface area contributed by atoms with Crippen LogP contribution in [-0.2, 0) is 18.8 Å². The van der Waals surface area contributed by atoms with Gasteiger partial charge in [0, 0.05) is 24.7 Å². The Labute approximate surface area is 156 Å². The van der Waals surface area contributed by atoms with E-state index in [0.717, 1.165) is 36.2 Å². The number of anilines is 1. The largest absolute Gasteiger partial charge is 0.496 e. The predicted molar refractivity (Wildman–Crippen MR) is 102 cm³/mol. The van der Waals surface area contributed by atoms with E-state index in [1.807, 2.05) is 40.8 Å². The Balaban J connectivity index is 1.77. The van der Waals surface area contributed by atoms with Crippen molar-refractivity contribution < 1.29 is 18.8 Å². The summed E-state index contributed by atoms with van der Waals surface area (Å²) in [4.78, 5) is 18.7. The van der Waals surface area contributed by atoms with Crippen LogP contribution in [0.1, 0.15) is 46.1 Å². The summed E-state index contributed by atoms with van der Waals surface area (Å²) in [6.45, 7) is 11.8. The van der Waals surface area contributed by atoms with Crippen molar-refractivity contribution in [1.82, 2.24) is 4.98 Å². The highest BCUT2D eigenvalue weighted by molar-refractivity contribution is 6.62. The van der Waals surface area contributed by atoms with Gasteiger partial charge in [0.25, 0.3) is 0 Å². The fraction of sp³-hybridized carbons (Fsp3) is 0.684. The van der Waals surface area contributed by atoms with Crippen LogP contribution in [0, 0.1) is 12.8 Å². The first kappa shape index (κ1) is 19.2. The molecule has 0 aromatic carbocycles. The zero-order valence-electron chi connectivity index (χ0n) is 16.7. The van der Waals surface area contributed by atoms with E-state index < -0.39 is 7.12 Å². The number of nitrogens with zero attached hydrogens (tertiary/aromatic N) is 2. The molecule has 2 aliphatic rings. The van der Waals surface area contributed by atoms with Gasteiger partial charge in [-0.1, -0.05) is 0 Å². The van der Waals surface area contributed by atoms with Gasteiger partial charge in [-0.3, -0.25) is 4.79 Å². The fourth-order valence-electron chi connectivity index (χ4n) is 3.49. The number of pyridine rings is 1. The first-order chi connectivity index (χ1) is 12.1. The molecule has 3 rings (SSSR count). The number of carbonyl (C=O) groups excluding carboxylic acids is 1. The normalized spacial score (nSPS) is 24.6. The molecule has 0 unspecified atom stereocenters. The highest BCUT2D eigenvalue weighted by Gasteiger charge is 2.52. The maximum atomic E-state index is 11.9. The second-order valence-electron chi connectivity index (χ2n) is 8.30. The number of esters is 1. The molecular formula is C19H29BN2O4. The summed E-state index contributed by atoms with van der Waals surface area (Å²) in [6, 6.07) is 2.06. The number of ether oxygens (including phenoxy) is 1. The lowest BCUT2D eigenvalue weighted by atomic mass is 9.77. The van der Waals surface area contributed by atoms with Gasteiger partial charge in [-0.25, -0.2) is 4.98 Å². The number of aromatic nitrogens is 1. The second kappa shape index (κ2) is 6.85. The van der Waals surface area contributed by atoms with Crippen molar-refractivity contribution in [3.05, 3.63) is 17.8 Å². The molecule has 2 aliphatic heterocycles. The number of aryl methyl sites for hydroxylation is 1. The number of rotatable bonds is 3. The van der Waals surface area contributed by atoms with Gasteiger partial charge in [0.15, 0.2) is 0 Å². The molecule has 1 aromatic heterocycles. The van der Waals surface area contributed by atoms with Crippen molar-refractivity contribution in [3.63, 3.8) is 0 Å². The topological polar surface area (TPSA) is 60.9 Å². The van der Waals surface area contributed by atoms with E-state index in [1.54, 1.807) is 0 Å². The molecule has 3 heterocycles. The van der Waals surface area contributed by atoms with Crippen molar-refractivity contribution in [2.45, 2.75) is 58.7 Å². The predicted octanol–water partition coefficient (Wildman–Crippen LogP) is 2.08. The average Bonchev–Trinajstić information content (AvgIpc) is 2.81. The van der Waals surface area contributed by atoms with E-state index in [1.165, 1.54) is 7.11 Å². The van der Waals surface area contributed by atoms with E-state index in [9.17, 15) is 4.79 Å². The molecule has 2 fully saturated rings. The van der Waals surface area contributed by atoms with E-state index in [-0.39, 0.29) is 23.1 Å². The van der Waals surface area contributed by atoms with Gasteiger partial charge >= 0.3 is 13.1 Å². The third-order valence-electron chi connectivity index (χ3n) is 5.92. The average molecular weight is 360 g/mol. The Morgan fingerprint density at radius 2 is 1.96 bits per heavy atom. The minimum absolute atomic E-state index is 0.0846. The van der Waals surface area contributed by atoms with Crippen LogP contribution in [0.5, 0.6) is 0 Å². The van der Waals surface area contributed by atoms with Crippen LogP contribution < -0.4 is 10.4 Å². The molecule has 2 saturated heterocycles. The van der Waals surface area contributed by atoms with Crippen LogP contribution in [0.25, 0.3) is 0 Å². The minimum atomic E-state index is -0.411. The number of methoxy groups -OCH3 is 1. The van der Waals surface area contributed by atoms with Crippen LogP contribution >= 0.6 is 0 Å². The molecule has 0 bridgehead atoms. The lowest BCUT2D eigenvalue weighted by Crippen LogP contribution is -2.41. The number of hydrogen-bond donors (Lipinski definition) is 0. The molecule has 26 heavy (non-hydrogen) atoms. The molecule has 6 nitrogen and oxygen atoms in total. The molecular weight excluding hydrogens is 331 g/mol. The summed E-state index contributed by atoms with van der Waals surface area (Å²) in [5, 5.41) is 0. The number of piperidine rings is 1. The summed E-state index contributed by atoms with van der Waals surface area (Å²) >= 11 is 0. The van der Waals surface area contributed by atoms with Crippen LogP contribution in [0.4, 0.5) is 5.82 Å². The number of hydrogen-bond acceptors (Lipinski definition) is 6. The van der Waals surface area contributed by atoms with Crippen LogP contribution in [-0.4, -0.2) is 49.5 Å². The monoisotopic (exact) mass is 360 g/mol. The summed E-state index contributed by atoms with van der Waals surface area (Å²) < 4.78 is 17.2. The van der Waals surface area contributed by atoms with Crippen LogP contribution in [0.15, 0.2) is 12.3 Å². The Morgan fingerprint density at radius 3 is 2.54 bits per heavy atom. The molecule has 1 atom stereocenters. The maximum absolute atomic E-state index is 11.9. The summed E-state index contributed by atoms with van der Waals surface area (Å²) in [5.41, 5.74) is 1.29. The second-order valence-corrected chi connectivity index (χ2v) is 8.30. The van der Waals surface area contributed by atoms with Crippen LogP contribution in [0.3, 0.4) is 0 Å². The van der Waals surface area contributed by atoms with Gasteiger partial charge in [0.2, 0.25) is 0 Å². The molecule has 0 spiro atoms. The Hall–Kier alpha value is -1.60.